The molecular weight excluding hydrogens is 441 g/mol. The van der Waals surface area contributed by atoms with E-state index in [1.807, 2.05) is 31.2 Å². The number of rotatable bonds is 8. The van der Waals surface area contributed by atoms with Crippen LogP contribution < -0.4 is 10.1 Å². The van der Waals surface area contributed by atoms with Gasteiger partial charge in [0, 0.05) is 27.7 Å². The van der Waals surface area contributed by atoms with Crippen molar-refractivity contribution in [1.29, 1.82) is 4.78 Å². The van der Waals surface area contributed by atoms with Gasteiger partial charge in [-0.15, -0.1) is 0 Å². The lowest BCUT2D eigenvalue weighted by Crippen LogP contribution is -2.21. The monoisotopic (exact) mass is 469 g/mol. The quantitative estimate of drug-likeness (QED) is 0.448. The van der Waals surface area contributed by atoms with Crippen LogP contribution >= 0.6 is 0 Å². The predicted octanol–water partition coefficient (Wildman–Crippen LogP) is 5.56. The van der Waals surface area contributed by atoms with Gasteiger partial charge in [-0.05, 0) is 55.5 Å². The molecule has 4 rings (SSSR count). The molecule has 1 heterocycles. The van der Waals surface area contributed by atoms with Gasteiger partial charge in [-0.3, -0.25) is 4.78 Å². The van der Waals surface area contributed by atoms with Crippen LogP contribution in [0.15, 0.2) is 48.8 Å². The number of hydrogen-bond acceptors (Lipinski definition) is 7. The van der Waals surface area contributed by atoms with Crippen LogP contribution in [-0.2, 0) is 15.5 Å². The molecule has 0 aliphatic heterocycles. The van der Waals surface area contributed by atoms with Crippen LogP contribution in [0.1, 0.15) is 38.2 Å². The zero-order chi connectivity index (χ0) is 23.4. The second-order valence-corrected chi connectivity index (χ2v) is 10.9. The van der Waals surface area contributed by atoms with Crippen molar-refractivity contribution in [1.82, 2.24) is 15.0 Å². The van der Waals surface area contributed by atoms with E-state index < -0.39 is 9.73 Å². The van der Waals surface area contributed by atoms with E-state index in [4.69, 9.17) is 9.52 Å². The van der Waals surface area contributed by atoms with Crippen molar-refractivity contribution in [3.05, 3.63) is 60.2 Å². The number of nitrogens with zero attached hydrogens (tertiary/aromatic N) is 3. The van der Waals surface area contributed by atoms with Gasteiger partial charge >= 0.3 is 0 Å². The highest BCUT2D eigenvalue weighted by molar-refractivity contribution is 7.90. The van der Waals surface area contributed by atoms with Gasteiger partial charge in [0.05, 0.1) is 17.4 Å². The largest absolute Gasteiger partial charge is 0.490 e. The molecule has 1 aliphatic rings. The first-order valence-corrected chi connectivity index (χ1v) is 13.1. The Morgan fingerprint density at radius 3 is 2.76 bits per heavy atom. The maximum Gasteiger partial charge on any atom is 0.230 e. The van der Waals surface area contributed by atoms with Crippen molar-refractivity contribution >= 4 is 21.4 Å². The molecule has 9 heteroatoms. The highest BCUT2D eigenvalue weighted by Crippen LogP contribution is 2.34. The summed E-state index contributed by atoms with van der Waals surface area (Å²) in [7, 11) is -2.65. The first-order valence-electron chi connectivity index (χ1n) is 11.0. The fourth-order valence-corrected chi connectivity index (χ4v) is 4.99. The van der Waals surface area contributed by atoms with Crippen molar-refractivity contribution in [3.8, 4) is 17.1 Å². The van der Waals surface area contributed by atoms with E-state index in [9.17, 15) is 8.60 Å². The zero-order valence-corrected chi connectivity index (χ0v) is 19.6. The Kier molecular flexibility index (Phi) is 6.88. The minimum atomic E-state index is -2.65. The summed E-state index contributed by atoms with van der Waals surface area (Å²) in [4.78, 5) is 13.0. The van der Waals surface area contributed by atoms with Gasteiger partial charge in [-0.1, -0.05) is 25.0 Å². The molecule has 0 saturated heterocycles. The van der Waals surface area contributed by atoms with Gasteiger partial charge in [0.25, 0.3) is 0 Å². The highest BCUT2D eigenvalue weighted by atomic mass is 32.2. The highest BCUT2D eigenvalue weighted by Gasteiger charge is 2.24. The van der Waals surface area contributed by atoms with E-state index in [1.165, 1.54) is 37.6 Å². The van der Waals surface area contributed by atoms with Crippen LogP contribution in [0, 0.1) is 16.5 Å². The summed E-state index contributed by atoms with van der Waals surface area (Å²) >= 11 is 0. The van der Waals surface area contributed by atoms with Crippen LogP contribution in [0.2, 0.25) is 0 Å². The minimum Gasteiger partial charge on any atom is -0.490 e. The summed E-state index contributed by atoms with van der Waals surface area (Å²) in [6.45, 7) is 2.03. The Hall–Kier alpha value is -3.07. The third-order valence-corrected chi connectivity index (χ3v) is 6.64. The Balaban J connectivity index is 1.57. The second-order valence-electron chi connectivity index (χ2n) is 8.62. The summed E-state index contributed by atoms with van der Waals surface area (Å²) in [5.74, 6) is 1.37. The summed E-state index contributed by atoms with van der Waals surface area (Å²) in [5, 5.41) is 3.13. The SMILES string of the molecule is CC(Oc1cc(F)ccc1-c1ncnc(Nc2cccc(CS(C)(=N)=O)c2)n1)C1CCCC1. The molecule has 174 valence electrons. The number of halogens is 1. The predicted molar refractivity (Wildman–Crippen MR) is 127 cm³/mol. The van der Waals surface area contributed by atoms with Crippen LogP contribution in [0.5, 0.6) is 5.75 Å². The van der Waals surface area contributed by atoms with Crippen molar-refractivity contribution in [2.75, 3.05) is 11.6 Å². The molecule has 3 aromatic rings. The Labute approximate surface area is 193 Å². The number of hydrogen-bond donors (Lipinski definition) is 2. The van der Waals surface area contributed by atoms with Gasteiger partial charge < -0.3 is 10.1 Å². The first-order chi connectivity index (χ1) is 15.8. The van der Waals surface area contributed by atoms with Gasteiger partial charge in [0.1, 0.15) is 17.9 Å². The lowest BCUT2D eigenvalue weighted by Gasteiger charge is -2.22. The Morgan fingerprint density at radius 1 is 1.21 bits per heavy atom. The molecule has 1 aromatic heterocycles. The molecule has 0 amide bonds. The molecule has 0 radical (unpaired) electrons. The van der Waals surface area contributed by atoms with Crippen LogP contribution in [-0.4, -0.2) is 31.5 Å². The lowest BCUT2D eigenvalue weighted by atomic mass is 10.0. The molecule has 2 N–H and O–H groups in total. The second kappa shape index (κ2) is 9.82. The van der Waals surface area contributed by atoms with Crippen molar-refractivity contribution in [2.24, 2.45) is 5.92 Å². The average molecular weight is 470 g/mol. The fraction of sp³-hybridized carbons (Fsp3) is 0.375. The van der Waals surface area contributed by atoms with Crippen LogP contribution in [0.3, 0.4) is 0 Å². The first kappa shape index (κ1) is 23.1. The third kappa shape index (κ3) is 6.25. The Bertz CT molecular complexity index is 1230. The van der Waals surface area contributed by atoms with Crippen LogP contribution in [0.25, 0.3) is 11.4 Å². The summed E-state index contributed by atoms with van der Waals surface area (Å²) < 4.78 is 39.7. The Morgan fingerprint density at radius 2 is 2.00 bits per heavy atom. The standard InChI is InChI=1S/C24H28FN5O2S/c1-16(18-7-3-4-8-18)32-22-13-19(25)10-11-21(22)23-27-15-28-24(30-23)29-20-9-5-6-17(12-20)14-33(2,26)31/h5-6,9-13,15-16,18,26H,3-4,7-8,14H2,1-2H3,(H,27,28,29,30). The van der Waals surface area contributed by atoms with E-state index in [2.05, 4.69) is 20.3 Å². The third-order valence-electron chi connectivity index (χ3n) is 5.76. The molecule has 7 nitrogen and oxygen atoms in total. The molecule has 1 fully saturated rings. The van der Waals surface area contributed by atoms with Gasteiger partial charge in [-0.25, -0.2) is 18.6 Å². The van der Waals surface area contributed by atoms with E-state index in [-0.39, 0.29) is 17.7 Å². The van der Waals surface area contributed by atoms with Crippen molar-refractivity contribution < 1.29 is 13.3 Å². The molecule has 1 aliphatic carbocycles. The number of ether oxygens (including phenoxy) is 1. The molecule has 33 heavy (non-hydrogen) atoms. The van der Waals surface area contributed by atoms with E-state index >= 15 is 0 Å². The van der Waals surface area contributed by atoms with Crippen molar-refractivity contribution in [3.63, 3.8) is 0 Å². The molecule has 1 saturated carbocycles. The average Bonchev–Trinajstić information content (AvgIpc) is 3.28. The van der Waals surface area contributed by atoms with Gasteiger partial charge in [-0.2, -0.15) is 4.98 Å². The topological polar surface area (TPSA) is 101 Å². The van der Waals surface area contributed by atoms with Crippen molar-refractivity contribution in [2.45, 2.75) is 44.5 Å². The molecule has 2 atom stereocenters. The molecule has 2 unspecified atom stereocenters. The molecular formula is C24H28FN5O2S. The van der Waals surface area contributed by atoms with Gasteiger partial charge in [0.2, 0.25) is 5.95 Å². The molecule has 0 spiro atoms. The summed E-state index contributed by atoms with van der Waals surface area (Å²) in [5.41, 5.74) is 2.09. The van der Waals surface area contributed by atoms with E-state index in [0.717, 1.165) is 18.4 Å². The molecule has 2 aromatic carbocycles. The fourth-order valence-electron chi connectivity index (χ4n) is 4.17. The van der Waals surface area contributed by atoms with Crippen LogP contribution in [0.4, 0.5) is 16.0 Å². The number of anilines is 2. The van der Waals surface area contributed by atoms with Gasteiger partial charge in [0.15, 0.2) is 5.82 Å². The van der Waals surface area contributed by atoms with E-state index in [1.54, 1.807) is 6.07 Å². The maximum atomic E-state index is 14.0. The number of nitrogens with one attached hydrogen (secondary N) is 2. The molecule has 0 bridgehead atoms. The lowest BCUT2D eigenvalue weighted by molar-refractivity contribution is 0.154. The maximum absolute atomic E-state index is 14.0. The minimum absolute atomic E-state index is 0.0268. The number of aromatic nitrogens is 3. The normalized spacial score (nSPS) is 16.8. The zero-order valence-electron chi connectivity index (χ0n) is 18.8. The smallest absolute Gasteiger partial charge is 0.230 e. The number of benzene rings is 2. The summed E-state index contributed by atoms with van der Waals surface area (Å²) in [6.07, 6.45) is 7.44. The summed E-state index contributed by atoms with van der Waals surface area (Å²) in [6, 6.07) is 11.7. The van der Waals surface area contributed by atoms with E-state index in [0.29, 0.717) is 34.7 Å².